The zero-order valence-electron chi connectivity index (χ0n) is 7.10. The molecule has 1 heterocycles. The van der Waals surface area contributed by atoms with Gasteiger partial charge in [-0.3, -0.25) is 4.79 Å². The van der Waals surface area contributed by atoms with Gasteiger partial charge in [-0.15, -0.1) is 0 Å². The van der Waals surface area contributed by atoms with Gasteiger partial charge in [-0.1, -0.05) is 13.5 Å². The third-order valence-electron chi connectivity index (χ3n) is 2.12. The van der Waals surface area contributed by atoms with Gasteiger partial charge in [-0.2, -0.15) is 0 Å². The van der Waals surface area contributed by atoms with Crippen molar-refractivity contribution in [3.8, 4) is 0 Å². The fraction of sp³-hybridized carbons (Fsp3) is 0.667. The molecule has 11 heavy (non-hydrogen) atoms. The lowest BCUT2D eigenvalue weighted by molar-refractivity contribution is -0.126. The van der Waals surface area contributed by atoms with Gasteiger partial charge in [-0.05, 0) is 19.3 Å². The topological polar surface area (TPSA) is 20.3 Å². The van der Waals surface area contributed by atoms with Gasteiger partial charge in [0.2, 0.25) is 5.91 Å². The molecule has 0 spiro atoms. The normalized spacial score (nSPS) is 17.0. The van der Waals surface area contributed by atoms with E-state index in [1.54, 1.807) is 0 Å². The lowest BCUT2D eigenvalue weighted by Gasteiger charge is -2.15. The van der Waals surface area contributed by atoms with E-state index in [1.807, 2.05) is 11.8 Å². The van der Waals surface area contributed by atoms with Crippen molar-refractivity contribution in [2.24, 2.45) is 0 Å². The minimum Gasteiger partial charge on any atom is -0.339 e. The maximum atomic E-state index is 11.4. The van der Waals surface area contributed by atoms with E-state index in [0.717, 1.165) is 37.9 Å². The van der Waals surface area contributed by atoms with Gasteiger partial charge in [0, 0.05) is 18.7 Å². The Bertz CT molecular complexity index is 168. The van der Waals surface area contributed by atoms with E-state index in [4.69, 9.17) is 0 Å². The Labute approximate surface area is 67.9 Å². The van der Waals surface area contributed by atoms with Crippen LogP contribution in [0.2, 0.25) is 0 Å². The molecule has 2 heteroatoms. The van der Waals surface area contributed by atoms with E-state index in [1.165, 1.54) is 0 Å². The van der Waals surface area contributed by atoms with E-state index in [-0.39, 0.29) is 5.91 Å². The molecule has 0 atom stereocenters. The number of nitrogens with zero attached hydrogens (tertiary/aromatic N) is 1. The predicted molar refractivity (Wildman–Crippen MR) is 45.2 cm³/mol. The van der Waals surface area contributed by atoms with Crippen molar-refractivity contribution in [1.29, 1.82) is 0 Å². The van der Waals surface area contributed by atoms with Crippen LogP contribution in [0.15, 0.2) is 12.2 Å². The standard InChI is InChI=1S/C9H15NO/c1-3-8(2)9(11)10-6-4-5-7-10/h2-7H2,1H3. The third-order valence-corrected chi connectivity index (χ3v) is 2.12. The molecule has 62 valence electrons. The first-order valence-corrected chi connectivity index (χ1v) is 4.22. The molecule has 1 aliphatic heterocycles. The second-order valence-electron chi connectivity index (χ2n) is 2.96. The van der Waals surface area contributed by atoms with Gasteiger partial charge in [0.05, 0.1) is 0 Å². The highest BCUT2D eigenvalue weighted by molar-refractivity contribution is 5.92. The zero-order valence-corrected chi connectivity index (χ0v) is 7.10. The van der Waals surface area contributed by atoms with Crippen molar-refractivity contribution < 1.29 is 4.79 Å². The predicted octanol–water partition coefficient (Wildman–Crippen LogP) is 1.58. The molecule has 1 saturated heterocycles. The summed E-state index contributed by atoms with van der Waals surface area (Å²) in [6.07, 6.45) is 3.08. The summed E-state index contributed by atoms with van der Waals surface area (Å²) < 4.78 is 0. The molecule has 1 amide bonds. The molecule has 0 bridgehead atoms. The first-order chi connectivity index (χ1) is 5.25. The highest BCUT2D eigenvalue weighted by Crippen LogP contribution is 2.11. The molecule has 0 unspecified atom stereocenters. The summed E-state index contributed by atoms with van der Waals surface area (Å²) in [6, 6.07) is 0. The molecular weight excluding hydrogens is 138 g/mol. The summed E-state index contributed by atoms with van der Waals surface area (Å²) in [6.45, 7) is 7.55. The molecule has 0 aromatic heterocycles. The average Bonchev–Trinajstić information content (AvgIpc) is 2.53. The molecular formula is C9H15NO. The third kappa shape index (κ3) is 1.82. The SMILES string of the molecule is C=C(CC)C(=O)N1CCCC1. The number of hydrogen-bond acceptors (Lipinski definition) is 1. The Balaban J connectivity index is 2.46. The van der Waals surface area contributed by atoms with Crippen LogP contribution in [0.4, 0.5) is 0 Å². The van der Waals surface area contributed by atoms with E-state index < -0.39 is 0 Å². The van der Waals surface area contributed by atoms with Crippen LogP contribution >= 0.6 is 0 Å². The Morgan fingerprint density at radius 3 is 2.45 bits per heavy atom. The lowest BCUT2D eigenvalue weighted by Crippen LogP contribution is -2.28. The molecule has 1 rings (SSSR count). The summed E-state index contributed by atoms with van der Waals surface area (Å²) in [4.78, 5) is 13.3. The quantitative estimate of drug-likeness (QED) is 0.551. The van der Waals surface area contributed by atoms with Crippen LogP contribution in [0.25, 0.3) is 0 Å². The fourth-order valence-electron chi connectivity index (χ4n) is 1.30. The molecule has 0 saturated carbocycles. The van der Waals surface area contributed by atoms with Crippen LogP contribution in [-0.2, 0) is 4.79 Å². The summed E-state index contributed by atoms with van der Waals surface area (Å²) in [5.41, 5.74) is 0.743. The summed E-state index contributed by atoms with van der Waals surface area (Å²) in [7, 11) is 0. The largest absolute Gasteiger partial charge is 0.339 e. The van der Waals surface area contributed by atoms with Crippen LogP contribution in [0, 0.1) is 0 Å². The first-order valence-electron chi connectivity index (χ1n) is 4.22. The highest BCUT2D eigenvalue weighted by atomic mass is 16.2. The second kappa shape index (κ2) is 3.56. The lowest BCUT2D eigenvalue weighted by atomic mass is 10.2. The van der Waals surface area contributed by atoms with E-state index in [0.29, 0.717) is 0 Å². The van der Waals surface area contributed by atoms with Crippen molar-refractivity contribution in [1.82, 2.24) is 4.90 Å². The van der Waals surface area contributed by atoms with E-state index >= 15 is 0 Å². The minimum absolute atomic E-state index is 0.157. The number of rotatable bonds is 2. The molecule has 1 fully saturated rings. The monoisotopic (exact) mass is 153 g/mol. The summed E-state index contributed by atoms with van der Waals surface area (Å²) in [5.74, 6) is 0.157. The molecule has 2 nitrogen and oxygen atoms in total. The van der Waals surface area contributed by atoms with Crippen LogP contribution in [0.1, 0.15) is 26.2 Å². The summed E-state index contributed by atoms with van der Waals surface area (Å²) in [5, 5.41) is 0. The number of amides is 1. The van der Waals surface area contributed by atoms with Crippen LogP contribution in [0.3, 0.4) is 0 Å². The Morgan fingerprint density at radius 2 is 2.00 bits per heavy atom. The number of carbonyl (C=O) groups is 1. The number of hydrogen-bond donors (Lipinski definition) is 0. The maximum Gasteiger partial charge on any atom is 0.249 e. The van der Waals surface area contributed by atoms with Crippen molar-refractivity contribution >= 4 is 5.91 Å². The Kier molecular flexibility index (Phi) is 2.69. The average molecular weight is 153 g/mol. The van der Waals surface area contributed by atoms with Crippen molar-refractivity contribution in [3.05, 3.63) is 12.2 Å². The molecule has 0 radical (unpaired) electrons. The first kappa shape index (κ1) is 8.31. The molecule has 0 aromatic rings. The Morgan fingerprint density at radius 1 is 1.45 bits per heavy atom. The van der Waals surface area contributed by atoms with Crippen LogP contribution in [0.5, 0.6) is 0 Å². The second-order valence-corrected chi connectivity index (χ2v) is 2.96. The fourth-order valence-corrected chi connectivity index (χ4v) is 1.30. The smallest absolute Gasteiger partial charge is 0.249 e. The molecule has 1 aliphatic rings. The van der Waals surface area contributed by atoms with Gasteiger partial charge in [-0.25, -0.2) is 0 Å². The maximum absolute atomic E-state index is 11.4. The van der Waals surface area contributed by atoms with Gasteiger partial charge in [0.25, 0.3) is 0 Å². The van der Waals surface area contributed by atoms with Gasteiger partial charge >= 0.3 is 0 Å². The van der Waals surface area contributed by atoms with Crippen molar-refractivity contribution in [3.63, 3.8) is 0 Å². The van der Waals surface area contributed by atoms with E-state index in [2.05, 4.69) is 6.58 Å². The molecule has 0 N–H and O–H groups in total. The van der Waals surface area contributed by atoms with Gasteiger partial charge in [0.1, 0.15) is 0 Å². The Hall–Kier alpha value is -0.790. The van der Waals surface area contributed by atoms with Gasteiger partial charge < -0.3 is 4.90 Å². The van der Waals surface area contributed by atoms with Crippen molar-refractivity contribution in [2.75, 3.05) is 13.1 Å². The molecule has 0 aromatic carbocycles. The van der Waals surface area contributed by atoms with Crippen LogP contribution < -0.4 is 0 Å². The number of carbonyl (C=O) groups excluding carboxylic acids is 1. The summed E-state index contributed by atoms with van der Waals surface area (Å²) >= 11 is 0. The zero-order chi connectivity index (χ0) is 8.27. The van der Waals surface area contributed by atoms with E-state index in [9.17, 15) is 4.79 Å². The van der Waals surface area contributed by atoms with Crippen molar-refractivity contribution in [2.45, 2.75) is 26.2 Å². The van der Waals surface area contributed by atoms with Crippen LogP contribution in [-0.4, -0.2) is 23.9 Å². The highest BCUT2D eigenvalue weighted by Gasteiger charge is 2.18. The number of likely N-dealkylation sites (tertiary alicyclic amines) is 1. The molecule has 0 aliphatic carbocycles. The van der Waals surface area contributed by atoms with Gasteiger partial charge in [0.15, 0.2) is 0 Å². The minimum atomic E-state index is 0.157.